The fraction of sp³-hybridized carbons (Fsp3) is 0.211. The second kappa shape index (κ2) is 8.45. The van der Waals surface area contributed by atoms with Gasteiger partial charge in [0.1, 0.15) is 5.75 Å². The first-order chi connectivity index (χ1) is 13.0. The topological polar surface area (TPSA) is 75.7 Å². The number of amides is 3. The number of para-hydroxylation sites is 1. The summed E-state index contributed by atoms with van der Waals surface area (Å²) in [5, 5.41) is 2.60. The summed E-state index contributed by atoms with van der Waals surface area (Å²) in [6.07, 6.45) is 0.0756. The molecular formula is C19H17ClN2O4S. The average Bonchev–Trinajstić information content (AvgIpc) is 2.94. The van der Waals surface area contributed by atoms with Crippen LogP contribution in [0.3, 0.4) is 0 Å². The minimum absolute atomic E-state index is 0.0297. The molecular weight excluding hydrogens is 388 g/mol. The summed E-state index contributed by atoms with van der Waals surface area (Å²) in [7, 11) is 1.49. The lowest BCUT2D eigenvalue weighted by Crippen LogP contribution is -2.31. The van der Waals surface area contributed by atoms with Gasteiger partial charge in [0.05, 0.1) is 29.5 Å². The van der Waals surface area contributed by atoms with E-state index >= 15 is 0 Å². The molecule has 6 nitrogen and oxygen atoms in total. The number of imide groups is 1. The first kappa shape index (κ1) is 19.3. The van der Waals surface area contributed by atoms with Gasteiger partial charge in [0, 0.05) is 11.4 Å². The van der Waals surface area contributed by atoms with Crippen molar-refractivity contribution >= 4 is 52.5 Å². The largest absolute Gasteiger partial charge is 0.495 e. The molecule has 0 saturated carbocycles. The Hall–Kier alpha value is -2.51. The van der Waals surface area contributed by atoms with Gasteiger partial charge in [-0.3, -0.25) is 14.4 Å². The van der Waals surface area contributed by atoms with E-state index in [9.17, 15) is 14.4 Å². The molecule has 27 heavy (non-hydrogen) atoms. The van der Waals surface area contributed by atoms with Crippen LogP contribution in [0.1, 0.15) is 6.42 Å². The number of hydrogen-bond acceptors (Lipinski definition) is 5. The summed E-state index contributed by atoms with van der Waals surface area (Å²) >= 11 is 7.09. The van der Waals surface area contributed by atoms with Crippen LogP contribution in [0.5, 0.6) is 5.75 Å². The molecule has 2 aromatic rings. The molecule has 8 heteroatoms. The lowest BCUT2D eigenvalue weighted by Gasteiger charge is -2.15. The monoisotopic (exact) mass is 404 g/mol. The van der Waals surface area contributed by atoms with Gasteiger partial charge in [0.25, 0.3) is 0 Å². The van der Waals surface area contributed by atoms with Crippen LogP contribution >= 0.6 is 23.4 Å². The number of halogens is 1. The quantitative estimate of drug-likeness (QED) is 0.747. The van der Waals surface area contributed by atoms with Gasteiger partial charge in [-0.1, -0.05) is 29.8 Å². The zero-order valence-corrected chi connectivity index (χ0v) is 16.0. The van der Waals surface area contributed by atoms with E-state index in [2.05, 4.69) is 5.32 Å². The SMILES string of the molecule is COc1ccc(Cl)cc1NC(=O)CS[C@H]1CC(=O)N(c2ccccc2)C1=O. The van der Waals surface area contributed by atoms with Gasteiger partial charge in [0.15, 0.2) is 0 Å². The molecule has 140 valence electrons. The van der Waals surface area contributed by atoms with Crippen molar-refractivity contribution in [1.29, 1.82) is 0 Å². The Balaban J connectivity index is 1.60. The highest BCUT2D eigenvalue weighted by Crippen LogP contribution is 2.31. The smallest absolute Gasteiger partial charge is 0.247 e. The number of ether oxygens (including phenoxy) is 1. The standard InChI is InChI=1S/C19H17ClN2O4S/c1-26-15-8-7-12(20)9-14(15)21-17(23)11-27-16-10-18(24)22(19(16)25)13-5-3-2-4-6-13/h2-9,16H,10-11H2,1H3,(H,21,23)/t16-/m0/s1. The van der Waals surface area contributed by atoms with Gasteiger partial charge in [-0.05, 0) is 30.3 Å². The maximum absolute atomic E-state index is 12.5. The molecule has 0 aliphatic carbocycles. The van der Waals surface area contributed by atoms with Crippen LogP contribution in [0.4, 0.5) is 11.4 Å². The predicted octanol–water partition coefficient (Wildman–Crippen LogP) is 3.35. The van der Waals surface area contributed by atoms with Crippen LogP contribution in [-0.2, 0) is 14.4 Å². The normalized spacial score (nSPS) is 16.5. The van der Waals surface area contributed by atoms with Crippen LogP contribution in [0.25, 0.3) is 0 Å². The molecule has 1 saturated heterocycles. The van der Waals surface area contributed by atoms with Crippen LogP contribution in [0, 0.1) is 0 Å². The van der Waals surface area contributed by atoms with Gasteiger partial charge in [-0.2, -0.15) is 0 Å². The van der Waals surface area contributed by atoms with Gasteiger partial charge >= 0.3 is 0 Å². The van der Waals surface area contributed by atoms with E-state index < -0.39 is 5.25 Å². The molecule has 0 unspecified atom stereocenters. The fourth-order valence-corrected chi connectivity index (χ4v) is 3.83. The van der Waals surface area contributed by atoms with E-state index in [1.54, 1.807) is 42.5 Å². The second-order valence-corrected chi connectivity index (χ2v) is 7.43. The van der Waals surface area contributed by atoms with E-state index in [4.69, 9.17) is 16.3 Å². The van der Waals surface area contributed by atoms with E-state index in [1.165, 1.54) is 12.0 Å². The van der Waals surface area contributed by atoms with Gasteiger partial charge in [0.2, 0.25) is 17.7 Å². The predicted molar refractivity (Wildman–Crippen MR) is 106 cm³/mol. The first-order valence-corrected chi connectivity index (χ1v) is 9.59. The zero-order valence-electron chi connectivity index (χ0n) is 14.5. The molecule has 0 spiro atoms. The van der Waals surface area contributed by atoms with Crippen molar-refractivity contribution in [2.24, 2.45) is 0 Å². The number of carbonyl (C=O) groups is 3. The molecule has 0 bridgehead atoms. The lowest BCUT2D eigenvalue weighted by molar-refractivity contribution is -0.121. The minimum Gasteiger partial charge on any atom is -0.495 e. The van der Waals surface area contributed by atoms with Crippen molar-refractivity contribution in [3.05, 3.63) is 53.6 Å². The van der Waals surface area contributed by atoms with Crippen LogP contribution in [-0.4, -0.2) is 35.8 Å². The fourth-order valence-electron chi connectivity index (χ4n) is 2.72. The number of anilines is 2. The summed E-state index contributed by atoms with van der Waals surface area (Å²) in [6.45, 7) is 0. The van der Waals surface area contributed by atoms with Gasteiger partial charge in [-0.15, -0.1) is 11.8 Å². The molecule has 0 aromatic heterocycles. The Labute approximate surface area is 165 Å². The number of methoxy groups -OCH3 is 1. The second-order valence-electron chi connectivity index (χ2n) is 5.80. The Morgan fingerprint density at radius 2 is 2.00 bits per heavy atom. The molecule has 1 N–H and O–H groups in total. The Kier molecular flexibility index (Phi) is 6.03. The van der Waals surface area contributed by atoms with E-state index in [0.29, 0.717) is 22.1 Å². The maximum atomic E-state index is 12.5. The summed E-state index contributed by atoms with van der Waals surface area (Å²) in [6, 6.07) is 13.7. The number of rotatable bonds is 6. The summed E-state index contributed by atoms with van der Waals surface area (Å²) in [5.74, 6) is -0.355. The minimum atomic E-state index is -0.579. The highest BCUT2D eigenvalue weighted by atomic mass is 35.5. The first-order valence-electron chi connectivity index (χ1n) is 8.16. The number of carbonyl (C=O) groups excluding carboxylic acids is 3. The van der Waals surface area contributed by atoms with Crippen molar-refractivity contribution < 1.29 is 19.1 Å². The molecule has 0 radical (unpaired) electrons. The van der Waals surface area contributed by atoms with Crippen molar-refractivity contribution in [1.82, 2.24) is 0 Å². The lowest BCUT2D eigenvalue weighted by atomic mass is 10.3. The molecule has 1 aliphatic heterocycles. The Morgan fingerprint density at radius 3 is 2.70 bits per heavy atom. The maximum Gasteiger partial charge on any atom is 0.247 e. The van der Waals surface area contributed by atoms with Gasteiger partial charge in [-0.25, -0.2) is 4.90 Å². The van der Waals surface area contributed by atoms with Crippen molar-refractivity contribution in [3.63, 3.8) is 0 Å². The van der Waals surface area contributed by atoms with Gasteiger partial charge < -0.3 is 10.1 Å². The Bertz CT molecular complexity index is 875. The molecule has 3 amide bonds. The number of hydrogen-bond donors (Lipinski definition) is 1. The average molecular weight is 405 g/mol. The highest BCUT2D eigenvalue weighted by Gasteiger charge is 2.39. The number of nitrogens with one attached hydrogen (secondary N) is 1. The highest BCUT2D eigenvalue weighted by molar-refractivity contribution is 8.01. The molecule has 1 atom stereocenters. The molecule has 1 heterocycles. The third-order valence-corrected chi connectivity index (χ3v) is 5.41. The van der Waals surface area contributed by atoms with E-state index in [0.717, 1.165) is 11.8 Å². The van der Waals surface area contributed by atoms with Crippen LogP contribution < -0.4 is 15.0 Å². The molecule has 1 fully saturated rings. The van der Waals surface area contributed by atoms with E-state index in [1.807, 2.05) is 6.07 Å². The van der Waals surface area contributed by atoms with E-state index in [-0.39, 0.29) is 29.9 Å². The van der Waals surface area contributed by atoms with Crippen LogP contribution in [0.2, 0.25) is 5.02 Å². The summed E-state index contributed by atoms with van der Waals surface area (Å²) in [5.41, 5.74) is 0.999. The van der Waals surface area contributed by atoms with Crippen LogP contribution in [0.15, 0.2) is 48.5 Å². The van der Waals surface area contributed by atoms with Crippen molar-refractivity contribution in [2.45, 2.75) is 11.7 Å². The number of benzene rings is 2. The third-order valence-electron chi connectivity index (χ3n) is 3.97. The summed E-state index contributed by atoms with van der Waals surface area (Å²) in [4.78, 5) is 38.2. The molecule has 2 aromatic carbocycles. The zero-order chi connectivity index (χ0) is 19.4. The van der Waals surface area contributed by atoms with Crippen molar-refractivity contribution in [2.75, 3.05) is 23.1 Å². The molecule has 1 aliphatic rings. The summed E-state index contributed by atoms with van der Waals surface area (Å²) < 4.78 is 5.19. The van der Waals surface area contributed by atoms with Crippen molar-refractivity contribution in [3.8, 4) is 5.75 Å². The molecule has 3 rings (SSSR count). The number of thioether (sulfide) groups is 1. The third kappa shape index (κ3) is 4.43. The Morgan fingerprint density at radius 1 is 1.26 bits per heavy atom. The number of nitrogens with zero attached hydrogens (tertiary/aromatic N) is 1.